The van der Waals surface area contributed by atoms with Gasteiger partial charge in [-0.25, -0.2) is 4.79 Å². The highest BCUT2D eigenvalue weighted by atomic mass is 35.5. The second-order valence-electron chi connectivity index (χ2n) is 7.10. The molecule has 27 heavy (non-hydrogen) atoms. The number of carbonyl (C=O) groups excluding carboxylic acids is 1. The lowest BCUT2D eigenvalue weighted by molar-refractivity contribution is 0.0963. The van der Waals surface area contributed by atoms with Crippen molar-refractivity contribution in [3.05, 3.63) is 33.8 Å². The third-order valence-electron chi connectivity index (χ3n) is 5.15. The number of guanidine groups is 1. The number of carbonyl (C=O) groups is 1. The van der Waals surface area contributed by atoms with Crippen LogP contribution in [0, 0.1) is 5.92 Å². The van der Waals surface area contributed by atoms with Gasteiger partial charge in [-0.3, -0.25) is 4.99 Å². The molecule has 1 aliphatic carbocycles. The molecule has 1 heterocycles. The number of rotatable bonds is 5. The maximum atomic E-state index is 11.7. The van der Waals surface area contributed by atoms with Crippen molar-refractivity contribution in [2.24, 2.45) is 16.6 Å². The molecule has 148 valence electrons. The number of benzene rings is 1. The summed E-state index contributed by atoms with van der Waals surface area (Å²) in [7, 11) is 0. The number of hydrogen-bond donors (Lipinski definition) is 2. The monoisotopic (exact) mass is 412 g/mol. The predicted molar refractivity (Wildman–Crippen MR) is 109 cm³/mol. The van der Waals surface area contributed by atoms with Gasteiger partial charge in [0.25, 0.3) is 0 Å². The first-order valence-electron chi connectivity index (χ1n) is 9.41. The maximum Gasteiger partial charge on any atom is 0.409 e. The van der Waals surface area contributed by atoms with Crippen LogP contribution in [0.3, 0.4) is 0 Å². The first kappa shape index (κ1) is 20.1. The lowest BCUT2D eigenvalue weighted by Gasteiger charge is -2.31. The van der Waals surface area contributed by atoms with E-state index in [1.54, 1.807) is 11.0 Å². The van der Waals surface area contributed by atoms with Gasteiger partial charge in [0.1, 0.15) is 0 Å². The van der Waals surface area contributed by atoms with E-state index in [2.05, 4.69) is 10.3 Å². The Hall–Kier alpha value is -1.66. The molecule has 2 unspecified atom stereocenters. The topological polar surface area (TPSA) is 80.0 Å². The van der Waals surface area contributed by atoms with Crippen LogP contribution in [0.25, 0.3) is 0 Å². The van der Waals surface area contributed by atoms with Crippen molar-refractivity contribution in [2.45, 2.75) is 38.1 Å². The summed E-state index contributed by atoms with van der Waals surface area (Å²) < 4.78 is 5.03. The van der Waals surface area contributed by atoms with E-state index in [0.717, 1.165) is 29.8 Å². The molecule has 1 aliphatic heterocycles. The van der Waals surface area contributed by atoms with E-state index in [1.165, 1.54) is 0 Å². The molecule has 2 atom stereocenters. The highest BCUT2D eigenvalue weighted by Crippen LogP contribution is 2.50. The molecule has 3 N–H and O–H groups in total. The van der Waals surface area contributed by atoms with Gasteiger partial charge >= 0.3 is 6.09 Å². The Kier molecular flexibility index (Phi) is 6.71. The average molecular weight is 413 g/mol. The van der Waals surface area contributed by atoms with Crippen molar-refractivity contribution in [1.29, 1.82) is 0 Å². The Morgan fingerprint density at radius 1 is 1.37 bits per heavy atom. The first-order chi connectivity index (χ1) is 13.0. The van der Waals surface area contributed by atoms with Crippen LogP contribution >= 0.6 is 23.2 Å². The zero-order chi connectivity index (χ0) is 19.4. The standard InChI is InChI=1S/C19H26Cl2N4O2/c1-2-27-19(26)25-7-5-14(6-8-25)24-18(22)23-11-12-9-16(12)15-4-3-13(20)10-17(15)21/h3-4,10,12,14,16H,2,5-9,11H2,1H3,(H3,22,23,24). The average Bonchev–Trinajstić information content (AvgIpc) is 3.40. The van der Waals surface area contributed by atoms with Crippen LogP contribution in [0.5, 0.6) is 0 Å². The van der Waals surface area contributed by atoms with Gasteiger partial charge in [-0.1, -0.05) is 29.3 Å². The van der Waals surface area contributed by atoms with Crippen LogP contribution in [-0.4, -0.2) is 49.2 Å². The summed E-state index contributed by atoms with van der Waals surface area (Å²) in [5.41, 5.74) is 7.18. The molecule has 1 aromatic carbocycles. The molecule has 3 rings (SSSR count). The number of piperidine rings is 1. The minimum absolute atomic E-state index is 0.236. The maximum absolute atomic E-state index is 11.7. The largest absolute Gasteiger partial charge is 0.450 e. The third kappa shape index (κ3) is 5.42. The van der Waals surface area contributed by atoms with Gasteiger partial charge in [-0.05, 0) is 55.7 Å². The van der Waals surface area contributed by atoms with Crippen molar-refractivity contribution in [1.82, 2.24) is 10.2 Å². The number of ether oxygens (including phenoxy) is 1. The number of amides is 1. The van der Waals surface area contributed by atoms with Crippen molar-refractivity contribution in [3.8, 4) is 0 Å². The Labute approximate surface area is 170 Å². The number of nitrogens with zero attached hydrogens (tertiary/aromatic N) is 2. The van der Waals surface area contributed by atoms with Crippen molar-refractivity contribution in [2.75, 3.05) is 26.2 Å². The van der Waals surface area contributed by atoms with Crippen LogP contribution < -0.4 is 11.1 Å². The van der Waals surface area contributed by atoms with E-state index < -0.39 is 0 Å². The predicted octanol–water partition coefficient (Wildman–Crippen LogP) is 3.62. The van der Waals surface area contributed by atoms with Crippen LogP contribution in [0.1, 0.15) is 37.7 Å². The van der Waals surface area contributed by atoms with Gasteiger partial charge in [-0.15, -0.1) is 0 Å². The smallest absolute Gasteiger partial charge is 0.409 e. The molecule has 1 aromatic rings. The molecule has 6 nitrogen and oxygen atoms in total. The van der Waals surface area contributed by atoms with Gasteiger partial charge in [0, 0.05) is 35.7 Å². The second-order valence-corrected chi connectivity index (χ2v) is 7.94. The second kappa shape index (κ2) is 9.02. The van der Waals surface area contributed by atoms with Gasteiger partial charge in [0.05, 0.1) is 6.61 Å². The number of aliphatic imine (C=N–C) groups is 1. The van der Waals surface area contributed by atoms with E-state index in [0.29, 0.717) is 49.1 Å². The van der Waals surface area contributed by atoms with E-state index in [1.807, 2.05) is 19.1 Å². The summed E-state index contributed by atoms with van der Waals surface area (Å²) in [4.78, 5) is 18.0. The molecule has 0 spiro atoms. The molecule has 1 saturated heterocycles. The minimum atomic E-state index is -0.238. The Morgan fingerprint density at radius 3 is 2.78 bits per heavy atom. The molecule has 2 fully saturated rings. The molecule has 0 bridgehead atoms. The first-order valence-corrected chi connectivity index (χ1v) is 10.2. The van der Waals surface area contributed by atoms with E-state index in [9.17, 15) is 4.79 Å². The molecule has 2 aliphatic rings. The lowest BCUT2D eigenvalue weighted by atomic mass is 10.1. The third-order valence-corrected chi connectivity index (χ3v) is 5.72. The molecule has 0 aromatic heterocycles. The zero-order valence-corrected chi connectivity index (χ0v) is 17.0. The Morgan fingerprint density at radius 2 is 2.11 bits per heavy atom. The van der Waals surface area contributed by atoms with E-state index in [-0.39, 0.29) is 12.1 Å². The molecular weight excluding hydrogens is 387 g/mol. The molecule has 8 heteroatoms. The van der Waals surface area contributed by atoms with Crippen LogP contribution in [-0.2, 0) is 4.74 Å². The number of nitrogens with one attached hydrogen (secondary N) is 1. The highest BCUT2D eigenvalue weighted by Gasteiger charge is 2.39. The number of nitrogens with two attached hydrogens (primary N) is 1. The number of halogens is 2. The van der Waals surface area contributed by atoms with E-state index >= 15 is 0 Å². The fraction of sp³-hybridized carbons (Fsp3) is 0.579. The van der Waals surface area contributed by atoms with Crippen LogP contribution in [0.2, 0.25) is 10.0 Å². The van der Waals surface area contributed by atoms with Gasteiger partial charge in [0.2, 0.25) is 0 Å². The Bertz CT molecular complexity index is 705. The summed E-state index contributed by atoms with van der Waals surface area (Å²) >= 11 is 12.2. The quantitative estimate of drug-likeness (QED) is 0.571. The zero-order valence-electron chi connectivity index (χ0n) is 15.5. The van der Waals surface area contributed by atoms with Gasteiger partial charge in [0.15, 0.2) is 5.96 Å². The summed E-state index contributed by atoms with van der Waals surface area (Å²) in [6.45, 7) is 4.24. The summed E-state index contributed by atoms with van der Waals surface area (Å²) in [6, 6.07) is 5.90. The molecule has 1 amide bonds. The summed E-state index contributed by atoms with van der Waals surface area (Å²) in [6.07, 6.45) is 2.50. The van der Waals surface area contributed by atoms with E-state index in [4.69, 9.17) is 33.7 Å². The number of hydrogen-bond acceptors (Lipinski definition) is 3. The highest BCUT2D eigenvalue weighted by molar-refractivity contribution is 6.35. The van der Waals surface area contributed by atoms with Crippen molar-refractivity contribution >= 4 is 35.3 Å². The van der Waals surface area contributed by atoms with Gasteiger partial charge < -0.3 is 20.7 Å². The number of likely N-dealkylation sites (tertiary alicyclic amines) is 1. The van der Waals surface area contributed by atoms with Crippen molar-refractivity contribution in [3.63, 3.8) is 0 Å². The van der Waals surface area contributed by atoms with Crippen molar-refractivity contribution < 1.29 is 9.53 Å². The minimum Gasteiger partial charge on any atom is -0.450 e. The fourth-order valence-corrected chi connectivity index (χ4v) is 4.07. The fourth-order valence-electron chi connectivity index (χ4n) is 3.52. The van der Waals surface area contributed by atoms with Gasteiger partial charge in [-0.2, -0.15) is 0 Å². The normalized spacial score (nSPS) is 23.2. The summed E-state index contributed by atoms with van der Waals surface area (Å²) in [5.74, 6) is 1.37. The SMILES string of the molecule is CCOC(=O)N1CCC(NC(N)=NCC2CC2c2ccc(Cl)cc2Cl)CC1. The molecule has 1 saturated carbocycles. The molecule has 0 radical (unpaired) electrons. The van der Waals surface area contributed by atoms with Crippen LogP contribution in [0.4, 0.5) is 4.79 Å². The lowest BCUT2D eigenvalue weighted by Crippen LogP contribution is -2.48. The Balaban J connectivity index is 1.41. The molecular formula is C19H26Cl2N4O2. The van der Waals surface area contributed by atoms with Crippen LogP contribution in [0.15, 0.2) is 23.2 Å². The summed E-state index contributed by atoms with van der Waals surface area (Å²) in [5, 5.41) is 4.65.